The monoisotopic (exact) mass is 416 g/mol. The Morgan fingerprint density at radius 2 is 1.90 bits per heavy atom. The van der Waals surface area contributed by atoms with Gasteiger partial charge in [0, 0.05) is 24.8 Å². The number of aromatic nitrogens is 1. The molecule has 0 bridgehead atoms. The van der Waals surface area contributed by atoms with Crippen LogP contribution >= 0.6 is 11.3 Å². The Balaban J connectivity index is 1.42. The van der Waals surface area contributed by atoms with Crippen LogP contribution in [0, 0.1) is 6.92 Å². The van der Waals surface area contributed by atoms with Crippen molar-refractivity contribution >= 4 is 34.8 Å². The number of methoxy groups -OCH3 is 1. The van der Waals surface area contributed by atoms with E-state index in [2.05, 4.69) is 25.3 Å². The predicted molar refractivity (Wildman–Crippen MR) is 110 cm³/mol. The number of anilines is 1. The van der Waals surface area contributed by atoms with Gasteiger partial charge >= 0.3 is 5.97 Å². The van der Waals surface area contributed by atoms with Crippen LogP contribution < -0.4 is 10.6 Å². The number of likely N-dealkylation sites (tertiary alicyclic amines) is 1. The molecule has 0 spiro atoms. The molecule has 0 radical (unpaired) electrons. The van der Waals surface area contributed by atoms with Gasteiger partial charge in [-0.3, -0.25) is 14.5 Å². The van der Waals surface area contributed by atoms with Gasteiger partial charge in [-0.2, -0.15) is 0 Å². The standard InChI is InChI=1S/C20H24N4O4S/c1-13-18(29-12-21-13)19(26)23-16-7-9-24(10-8-16)11-17(25)22-15-5-3-14(4-6-15)20(27)28-2/h3-6,12,16H,7-11H2,1-2H3,(H,22,25)(H,23,26). The van der Waals surface area contributed by atoms with E-state index in [4.69, 9.17) is 0 Å². The van der Waals surface area contributed by atoms with Gasteiger partial charge in [0.25, 0.3) is 5.91 Å². The van der Waals surface area contributed by atoms with Gasteiger partial charge in [-0.15, -0.1) is 11.3 Å². The molecule has 2 N–H and O–H groups in total. The number of benzene rings is 1. The second-order valence-electron chi connectivity index (χ2n) is 6.91. The van der Waals surface area contributed by atoms with Crippen LogP contribution in [0.25, 0.3) is 0 Å². The first kappa shape index (κ1) is 20.9. The van der Waals surface area contributed by atoms with E-state index in [0.717, 1.165) is 31.6 Å². The molecule has 3 rings (SSSR count). The summed E-state index contributed by atoms with van der Waals surface area (Å²) in [5, 5.41) is 5.90. The Labute approximate surface area is 173 Å². The van der Waals surface area contributed by atoms with Gasteiger partial charge in [0.2, 0.25) is 5.91 Å². The van der Waals surface area contributed by atoms with Gasteiger partial charge in [0.1, 0.15) is 4.88 Å². The van der Waals surface area contributed by atoms with Gasteiger partial charge in [-0.05, 0) is 44.0 Å². The van der Waals surface area contributed by atoms with Crippen molar-refractivity contribution in [2.24, 2.45) is 0 Å². The molecule has 2 amide bonds. The van der Waals surface area contributed by atoms with E-state index < -0.39 is 5.97 Å². The Hall–Kier alpha value is -2.78. The normalized spacial score (nSPS) is 15.0. The number of hydrogen-bond donors (Lipinski definition) is 2. The van der Waals surface area contributed by atoms with Crippen molar-refractivity contribution in [2.45, 2.75) is 25.8 Å². The predicted octanol–water partition coefficient (Wildman–Crippen LogP) is 2.07. The molecule has 1 aliphatic rings. The summed E-state index contributed by atoms with van der Waals surface area (Å²) in [6.07, 6.45) is 1.59. The van der Waals surface area contributed by atoms with Gasteiger partial charge in [-0.25, -0.2) is 9.78 Å². The Morgan fingerprint density at radius 3 is 2.48 bits per heavy atom. The van der Waals surface area contributed by atoms with Crippen LogP contribution in [0.1, 0.15) is 38.6 Å². The third-order valence-corrected chi connectivity index (χ3v) is 5.76. The summed E-state index contributed by atoms with van der Waals surface area (Å²) in [4.78, 5) is 42.9. The number of nitrogens with one attached hydrogen (secondary N) is 2. The van der Waals surface area contributed by atoms with Crippen molar-refractivity contribution in [1.82, 2.24) is 15.2 Å². The summed E-state index contributed by atoms with van der Waals surface area (Å²) in [7, 11) is 1.33. The molecule has 0 aliphatic carbocycles. The number of carbonyl (C=O) groups excluding carboxylic acids is 3. The largest absolute Gasteiger partial charge is 0.465 e. The number of nitrogens with zero attached hydrogens (tertiary/aromatic N) is 2. The van der Waals surface area contributed by atoms with Crippen molar-refractivity contribution in [1.29, 1.82) is 0 Å². The molecule has 8 nitrogen and oxygen atoms in total. The van der Waals surface area contributed by atoms with E-state index in [1.807, 2.05) is 6.92 Å². The first-order valence-electron chi connectivity index (χ1n) is 9.38. The second kappa shape index (κ2) is 9.62. The number of amides is 2. The highest BCUT2D eigenvalue weighted by Crippen LogP contribution is 2.16. The molecule has 9 heteroatoms. The zero-order valence-corrected chi connectivity index (χ0v) is 17.3. The van der Waals surface area contributed by atoms with Crippen molar-refractivity contribution in [2.75, 3.05) is 32.1 Å². The Kier molecular flexibility index (Phi) is 6.95. The minimum Gasteiger partial charge on any atom is -0.465 e. The summed E-state index contributed by atoms with van der Waals surface area (Å²) in [5.41, 5.74) is 3.49. The van der Waals surface area contributed by atoms with E-state index in [9.17, 15) is 14.4 Å². The van der Waals surface area contributed by atoms with Crippen molar-refractivity contribution in [3.05, 3.63) is 45.9 Å². The summed E-state index contributed by atoms with van der Waals surface area (Å²) < 4.78 is 4.66. The first-order chi connectivity index (χ1) is 14.0. The zero-order valence-electron chi connectivity index (χ0n) is 16.4. The number of hydrogen-bond acceptors (Lipinski definition) is 7. The SMILES string of the molecule is COC(=O)c1ccc(NC(=O)CN2CCC(NC(=O)c3scnc3C)CC2)cc1. The summed E-state index contributed by atoms with van der Waals surface area (Å²) in [6.45, 7) is 3.59. The number of thiazole rings is 1. The number of aryl methyl sites for hydroxylation is 1. The Morgan fingerprint density at radius 1 is 1.21 bits per heavy atom. The lowest BCUT2D eigenvalue weighted by Crippen LogP contribution is -2.46. The van der Waals surface area contributed by atoms with Crippen LogP contribution in [0.2, 0.25) is 0 Å². The van der Waals surface area contributed by atoms with Crippen molar-refractivity contribution in [3.63, 3.8) is 0 Å². The van der Waals surface area contributed by atoms with Crippen LogP contribution in [0.4, 0.5) is 5.69 Å². The maximum absolute atomic E-state index is 12.3. The molecule has 154 valence electrons. The summed E-state index contributed by atoms with van der Waals surface area (Å²) in [6, 6.07) is 6.68. The maximum Gasteiger partial charge on any atom is 0.337 e. The van der Waals surface area contributed by atoms with Gasteiger partial charge in [0.05, 0.1) is 30.4 Å². The third kappa shape index (κ3) is 5.61. The molecule has 1 fully saturated rings. The molecule has 2 aromatic rings. The van der Waals surface area contributed by atoms with Crippen LogP contribution in [0.5, 0.6) is 0 Å². The van der Waals surface area contributed by atoms with Crippen LogP contribution in [-0.2, 0) is 9.53 Å². The lowest BCUT2D eigenvalue weighted by Gasteiger charge is -2.31. The fourth-order valence-electron chi connectivity index (χ4n) is 3.22. The van der Waals surface area contributed by atoms with E-state index in [1.165, 1.54) is 18.4 Å². The third-order valence-electron chi connectivity index (χ3n) is 4.83. The molecule has 1 saturated heterocycles. The number of piperidine rings is 1. The fraction of sp³-hybridized carbons (Fsp3) is 0.400. The molecule has 0 saturated carbocycles. The minimum atomic E-state index is -0.414. The second-order valence-corrected chi connectivity index (χ2v) is 7.76. The van der Waals surface area contributed by atoms with Crippen LogP contribution in [0.3, 0.4) is 0 Å². The van der Waals surface area contributed by atoms with Crippen LogP contribution in [0.15, 0.2) is 29.8 Å². The molecule has 1 aromatic carbocycles. The number of esters is 1. The van der Waals surface area contributed by atoms with Gasteiger partial charge < -0.3 is 15.4 Å². The molecule has 0 atom stereocenters. The fourth-order valence-corrected chi connectivity index (χ4v) is 3.92. The molecule has 0 unspecified atom stereocenters. The van der Waals surface area contributed by atoms with Gasteiger partial charge in [-0.1, -0.05) is 0 Å². The number of ether oxygens (including phenoxy) is 1. The summed E-state index contributed by atoms with van der Waals surface area (Å²) >= 11 is 1.35. The van der Waals surface area contributed by atoms with Crippen molar-refractivity contribution in [3.8, 4) is 0 Å². The molecule has 29 heavy (non-hydrogen) atoms. The molecule has 1 aliphatic heterocycles. The highest BCUT2D eigenvalue weighted by Gasteiger charge is 2.23. The Bertz CT molecular complexity index is 873. The average Bonchev–Trinajstić information content (AvgIpc) is 3.15. The van der Waals surface area contributed by atoms with Crippen molar-refractivity contribution < 1.29 is 19.1 Å². The number of rotatable bonds is 6. The van der Waals surface area contributed by atoms with E-state index in [1.54, 1.807) is 29.8 Å². The average molecular weight is 417 g/mol. The maximum atomic E-state index is 12.3. The minimum absolute atomic E-state index is 0.0726. The van der Waals surface area contributed by atoms with E-state index in [0.29, 0.717) is 16.1 Å². The molecular formula is C20H24N4O4S. The van der Waals surface area contributed by atoms with E-state index >= 15 is 0 Å². The quantitative estimate of drug-likeness (QED) is 0.700. The highest BCUT2D eigenvalue weighted by atomic mass is 32.1. The zero-order chi connectivity index (χ0) is 20.8. The first-order valence-corrected chi connectivity index (χ1v) is 10.3. The van der Waals surface area contributed by atoms with E-state index in [-0.39, 0.29) is 24.4 Å². The van der Waals surface area contributed by atoms with Crippen LogP contribution in [-0.4, -0.2) is 60.5 Å². The lowest BCUT2D eigenvalue weighted by atomic mass is 10.0. The molecule has 1 aromatic heterocycles. The molecule has 2 heterocycles. The lowest BCUT2D eigenvalue weighted by molar-refractivity contribution is -0.117. The highest BCUT2D eigenvalue weighted by molar-refractivity contribution is 7.11. The summed E-state index contributed by atoms with van der Waals surface area (Å²) in [5.74, 6) is -0.599. The topological polar surface area (TPSA) is 101 Å². The smallest absolute Gasteiger partial charge is 0.337 e. The van der Waals surface area contributed by atoms with Gasteiger partial charge in [0.15, 0.2) is 0 Å². The molecular weight excluding hydrogens is 392 g/mol. The number of carbonyl (C=O) groups is 3.